The number of nitrogens with one attached hydrogen (secondary N) is 1. The van der Waals surface area contributed by atoms with E-state index in [1.807, 2.05) is 30.1 Å². The van der Waals surface area contributed by atoms with Crippen molar-refractivity contribution in [3.8, 4) is 5.75 Å². The highest BCUT2D eigenvalue weighted by molar-refractivity contribution is 9.10. The third kappa shape index (κ3) is 4.08. The van der Waals surface area contributed by atoms with Crippen LogP contribution in [-0.2, 0) is 20.0 Å². The highest BCUT2D eigenvalue weighted by atomic mass is 79.9. The third-order valence-electron chi connectivity index (χ3n) is 3.71. The van der Waals surface area contributed by atoms with Crippen LogP contribution >= 0.6 is 15.9 Å². The summed E-state index contributed by atoms with van der Waals surface area (Å²) >= 11 is 3.59. The zero-order valence-electron chi connectivity index (χ0n) is 12.2. The molecule has 5 heteroatoms. The minimum atomic E-state index is 0.651. The van der Waals surface area contributed by atoms with E-state index in [-0.39, 0.29) is 0 Å². The summed E-state index contributed by atoms with van der Waals surface area (Å²) < 4.78 is 8.75. The number of hydrogen-bond acceptors (Lipinski definition) is 3. The molecule has 0 bridgehead atoms. The van der Waals surface area contributed by atoms with Gasteiger partial charge in [-0.05, 0) is 52.5 Å². The summed E-state index contributed by atoms with van der Waals surface area (Å²) in [7, 11) is 1.95. The Morgan fingerprint density at radius 3 is 2.90 bits per heavy atom. The van der Waals surface area contributed by atoms with Crippen LogP contribution in [-0.4, -0.2) is 22.4 Å². The number of benzene rings is 1. The smallest absolute Gasteiger partial charge is 0.133 e. The quantitative estimate of drug-likeness (QED) is 0.834. The second kappa shape index (κ2) is 6.62. The fourth-order valence-corrected chi connectivity index (χ4v) is 2.77. The van der Waals surface area contributed by atoms with Gasteiger partial charge in [0.1, 0.15) is 5.75 Å². The van der Waals surface area contributed by atoms with Crippen molar-refractivity contribution in [3.05, 3.63) is 46.2 Å². The Balaban J connectivity index is 1.51. The summed E-state index contributed by atoms with van der Waals surface area (Å²) in [6, 6.07) is 9.05. The average Bonchev–Trinajstić information content (AvgIpc) is 3.22. The number of aromatic nitrogens is 2. The zero-order valence-corrected chi connectivity index (χ0v) is 13.8. The lowest BCUT2D eigenvalue weighted by atomic mass is 10.2. The molecule has 1 saturated carbocycles. The lowest BCUT2D eigenvalue weighted by molar-refractivity contribution is 0.316. The van der Waals surface area contributed by atoms with Crippen LogP contribution < -0.4 is 10.1 Å². The van der Waals surface area contributed by atoms with E-state index in [9.17, 15) is 0 Å². The number of aryl methyl sites for hydroxylation is 1. The first-order valence-electron chi connectivity index (χ1n) is 7.34. The third-order valence-corrected chi connectivity index (χ3v) is 4.33. The number of halogens is 1. The first-order chi connectivity index (χ1) is 10.2. The zero-order chi connectivity index (χ0) is 14.7. The molecule has 1 aliphatic rings. The molecule has 0 amide bonds. The van der Waals surface area contributed by atoms with E-state index in [0.717, 1.165) is 29.2 Å². The van der Waals surface area contributed by atoms with Crippen molar-refractivity contribution in [2.75, 3.05) is 6.61 Å². The normalized spacial score (nSPS) is 14.4. The van der Waals surface area contributed by atoms with E-state index in [2.05, 4.69) is 38.5 Å². The lowest BCUT2D eigenvalue weighted by Gasteiger charge is -2.10. The lowest BCUT2D eigenvalue weighted by Crippen LogP contribution is -2.15. The van der Waals surface area contributed by atoms with Crippen LogP contribution in [0.15, 0.2) is 34.9 Å². The maximum Gasteiger partial charge on any atom is 0.133 e. The van der Waals surface area contributed by atoms with Gasteiger partial charge in [-0.15, -0.1) is 0 Å². The number of rotatable bonds is 7. The van der Waals surface area contributed by atoms with Crippen LogP contribution in [0.1, 0.15) is 24.1 Å². The predicted octanol–water partition coefficient (Wildman–Crippen LogP) is 3.06. The van der Waals surface area contributed by atoms with Crippen molar-refractivity contribution in [2.24, 2.45) is 7.05 Å². The summed E-state index contributed by atoms with van der Waals surface area (Å²) in [5.41, 5.74) is 2.46. The van der Waals surface area contributed by atoms with E-state index in [0.29, 0.717) is 6.61 Å². The fraction of sp³-hybridized carbons (Fsp3) is 0.438. The van der Waals surface area contributed by atoms with Crippen molar-refractivity contribution in [1.29, 1.82) is 0 Å². The van der Waals surface area contributed by atoms with E-state index in [4.69, 9.17) is 4.74 Å². The number of ether oxygens (including phenoxy) is 1. The van der Waals surface area contributed by atoms with Crippen molar-refractivity contribution < 1.29 is 4.74 Å². The molecule has 1 aromatic heterocycles. The highest BCUT2D eigenvalue weighted by Gasteiger charge is 2.20. The van der Waals surface area contributed by atoms with E-state index < -0.39 is 0 Å². The van der Waals surface area contributed by atoms with Gasteiger partial charge in [0.05, 0.1) is 11.1 Å². The van der Waals surface area contributed by atoms with Gasteiger partial charge in [0, 0.05) is 37.9 Å². The summed E-state index contributed by atoms with van der Waals surface area (Å²) in [5.74, 6) is 0.896. The Morgan fingerprint density at radius 1 is 1.38 bits per heavy atom. The van der Waals surface area contributed by atoms with Gasteiger partial charge >= 0.3 is 0 Å². The molecule has 0 atom stereocenters. The molecular weight excluding hydrogens is 330 g/mol. The maximum absolute atomic E-state index is 5.85. The van der Waals surface area contributed by atoms with Crippen molar-refractivity contribution in [3.63, 3.8) is 0 Å². The molecule has 0 saturated heterocycles. The van der Waals surface area contributed by atoms with Crippen LogP contribution in [0.2, 0.25) is 0 Å². The molecule has 4 nitrogen and oxygen atoms in total. The first kappa shape index (κ1) is 14.6. The van der Waals surface area contributed by atoms with Gasteiger partial charge < -0.3 is 10.1 Å². The predicted molar refractivity (Wildman–Crippen MR) is 86.4 cm³/mol. The minimum Gasteiger partial charge on any atom is -0.492 e. The Kier molecular flexibility index (Phi) is 4.60. The average molecular weight is 350 g/mol. The molecule has 1 fully saturated rings. The molecule has 0 radical (unpaired) electrons. The minimum absolute atomic E-state index is 0.651. The summed E-state index contributed by atoms with van der Waals surface area (Å²) in [5, 5.41) is 7.67. The first-order valence-corrected chi connectivity index (χ1v) is 8.13. The fourth-order valence-electron chi connectivity index (χ4n) is 2.23. The van der Waals surface area contributed by atoms with Crippen LogP contribution in [0.4, 0.5) is 0 Å². The number of hydrogen-bond donors (Lipinski definition) is 1. The van der Waals surface area contributed by atoms with Gasteiger partial charge in [-0.1, -0.05) is 6.07 Å². The van der Waals surface area contributed by atoms with Gasteiger partial charge in [-0.2, -0.15) is 5.10 Å². The van der Waals surface area contributed by atoms with Crippen LogP contribution in [0.25, 0.3) is 0 Å². The van der Waals surface area contributed by atoms with Gasteiger partial charge in [-0.3, -0.25) is 4.68 Å². The summed E-state index contributed by atoms with van der Waals surface area (Å²) in [6.07, 6.45) is 5.30. The van der Waals surface area contributed by atoms with Gasteiger partial charge in [0.15, 0.2) is 0 Å². The van der Waals surface area contributed by atoms with Gasteiger partial charge in [0.2, 0.25) is 0 Å². The van der Waals surface area contributed by atoms with Crippen molar-refractivity contribution in [1.82, 2.24) is 15.1 Å². The summed E-state index contributed by atoms with van der Waals surface area (Å²) in [6.45, 7) is 1.58. The van der Waals surface area contributed by atoms with Gasteiger partial charge in [0.25, 0.3) is 0 Å². The molecule has 1 aliphatic carbocycles. The van der Waals surface area contributed by atoms with Gasteiger partial charge in [-0.25, -0.2) is 0 Å². The molecule has 1 aromatic carbocycles. The Bertz CT molecular complexity index is 607. The van der Waals surface area contributed by atoms with Crippen LogP contribution in [0.5, 0.6) is 5.75 Å². The molecule has 0 aliphatic heterocycles. The molecule has 1 N–H and O–H groups in total. The Labute approximate surface area is 133 Å². The molecule has 0 unspecified atom stereocenters. The van der Waals surface area contributed by atoms with Crippen molar-refractivity contribution >= 4 is 15.9 Å². The largest absolute Gasteiger partial charge is 0.492 e. The molecule has 3 rings (SSSR count). The molecule has 0 spiro atoms. The second-order valence-electron chi connectivity index (χ2n) is 5.46. The SMILES string of the molecule is Cn1nccc1CCOc1ccc(CNC2CC2)cc1Br. The van der Waals surface area contributed by atoms with E-state index in [1.165, 1.54) is 24.1 Å². The Hall–Kier alpha value is -1.33. The van der Waals surface area contributed by atoms with Crippen LogP contribution in [0, 0.1) is 0 Å². The molecule has 21 heavy (non-hydrogen) atoms. The summed E-state index contributed by atoms with van der Waals surface area (Å²) in [4.78, 5) is 0. The maximum atomic E-state index is 5.85. The van der Waals surface area contributed by atoms with E-state index >= 15 is 0 Å². The molecule has 112 valence electrons. The molecule has 1 heterocycles. The monoisotopic (exact) mass is 349 g/mol. The standard InChI is InChI=1S/C16H20BrN3O/c1-20-14(6-8-19-20)7-9-21-16-5-2-12(10-15(16)17)11-18-13-3-4-13/h2,5-6,8,10,13,18H,3-4,7,9,11H2,1H3. The Morgan fingerprint density at radius 2 is 2.24 bits per heavy atom. The van der Waals surface area contributed by atoms with Crippen molar-refractivity contribution in [2.45, 2.75) is 31.8 Å². The van der Waals surface area contributed by atoms with E-state index in [1.54, 1.807) is 0 Å². The molecule has 2 aromatic rings. The second-order valence-corrected chi connectivity index (χ2v) is 6.32. The highest BCUT2D eigenvalue weighted by Crippen LogP contribution is 2.27. The van der Waals surface area contributed by atoms with Crippen LogP contribution in [0.3, 0.4) is 0 Å². The molecular formula is C16H20BrN3O. The number of nitrogens with zero attached hydrogens (tertiary/aromatic N) is 2. The topological polar surface area (TPSA) is 39.1 Å².